The summed E-state index contributed by atoms with van der Waals surface area (Å²) in [6.45, 7) is 2.02. The second-order valence-electron chi connectivity index (χ2n) is 5.80. The van der Waals surface area contributed by atoms with Gasteiger partial charge in [0.2, 0.25) is 0 Å². The lowest BCUT2D eigenvalue weighted by atomic mass is 10.2. The molecule has 2 amide bonds. The number of rotatable bonds is 4. The highest BCUT2D eigenvalue weighted by Crippen LogP contribution is 2.30. The lowest BCUT2D eigenvalue weighted by Gasteiger charge is -2.12. The van der Waals surface area contributed by atoms with Crippen molar-refractivity contribution in [2.75, 3.05) is 5.32 Å². The molecule has 0 bridgehead atoms. The predicted octanol–water partition coefficient (Wildman–Crippen LogP) is 3.92. The van der Waals surface area contributed by atoms with Gasteiger partial charge in [0.05, 0.1) is 23.3 Å². The summed E-state index contributed by atoms with van der Waals surface area (Å²) < 4.78 is 40.0. The molecule has 9 heteroatoms. The SMILES string of the molecule is Cc1ncc(CNC(=O)Nc2cccc(C(F)(F)F)c2)cc1-n1ccnc1. The Balaban J connectivity index is 1.64. The van der Waals surface area contributed by atoms with Gasteiger partial charge in [-0.15, -0.1) is 0 Å². The molecule has 6 nitrogen and oxygen atoms in total. The Morgan fingerprint density at radius 1 is 1.26 bits per heavy atom. The number of carbonyl (C=O) groups excluding carboxylic acids is 1. The number of urea groups is 1. The maximum absolute atomic E-state index is 12.7. The van der Waals surface area contributed by atoms with Crippen molar-refractivity contribution in [1.82, 2.24) is 19.9 Å². The van der Waals surface area contributed by atoms with Gasteiger partial charge < -0.3 is 15.2 Å². The number of alkyl halides is 3. The topological polar surface area (TPSA) is 71.8 Å². The summed E-state index contributed by atoms with van der Waals surface area (Å²) in [5.41, 5.74) is 1.59. The van der Waals surface area contributed by atoms with E-state index in [4.69, 9.17) is 0 Å². The fourth-order valence-electron chi connectivity index (χ4n) is 2.45. The quantitative estimate of drug-likeness (QED) is 0.726. The van der Waals surface area contributed by atoms with Crippen molar-refractivity contribution < 1.29 is 18.0 Å². The molecule has 27 heavy (non-hydrogen) atoms. The number of imidazole rings is 1. The van der Waals surface area contributed by atoms with E-state index in [-0.39, 0.29) is 12.2 Å². The first-order chi connectivity index (χ1) is 12.8. The maximum atomic E-state index is 12.7. The van der Waals surface area contributed by atoms with Crippen LogP contribution in [0, 0.1) is 6.92 Å². The van der Waals surface area contributed by atoms with Gasteiger partial charge >= 0.3 is 12.2 Å². The van der Waals surface area contributed by atoms with E-state index in [2.05, 4.69) is 20.6 Å². The van der Waals surface area contributed by atoms with Crippen LogP contribution in [0.4, 0.5) is 23.7 Å². The molecular formula is C18H16F3N5O. The van der Waals surface area contributed by atoms with Crippen molar-refractivity contribution in [3.05, 3.63) is 72.1 Å². The molecule has 1 aromatic carbocycles. The average molecular weight is 375 g/mol. The predicted molar refractivity (Wildman–Crippen MR) is 93.4 cm³/mol. The molecule has 0 saturated carbocycles. The van der Waals surface area contributed by atoms with Crippen LogP contribution in [-0.4, -0.2) is 20.6 Å². The number of carbonyl (C=O) groups is 1. The fourth-order valence-corrected chi connectivity index (χ4v) is 2.45. The largest absolute Gasteiger partial charge is 0.416 e. The van der Waals surface area contributed by atoms with Gasteiger partial charge in [0.1, 0.15) is 0 Å². The Hall–Kier alpha value is -3.36. The van der Waals surface area contributed by atoms with Gasteiger partial charge in [-0.05, 0) is 36.8 Å². The van der Waals surface area contributed by atoms with Crippen LogP contribution in [0.3, 0.4) is 0 Å². The number of amides is 2. The molecule has 3 aromatic rings. The summed E-state index contributed by atoms with van der Waals surface area (Å²) in [4.78, 5) is 20.3. The molecule has 0 aliphatic carbocycles. The van der Waals surface area contributed by atoms with Gasteiger partial charge in [-0.2, -0.15) is 13.2 Å². The molecule has 0 unspecified atom stereocenters. The molecule has 2 heterocycles. The van der Waals surface area contributed by atoms with Crippen LogP contribution >= 0.6 is 0 Å². The van der Waals surface area contributed by atoms with Crippen molar-refractivity contribution in [2.45, 2.75) is 19.6 Å². The van der Waals surface area contributed by atoms with Gasteiger partial charge in [-0.3, -0.25) is 4.98 Å². The first kappa shape index (κ1) is 18.4. The van der Waals surface area contributed by atoms with Gasteiger partial charge in [0.25, 0.3) is 0 Å². The Morgan fingerprint density at radius 2 is 2.07 bits per heavy atom. The van der Waals surface area contributed by atoms with E-state index < -0.39 is 17.8 Å². The normalized spacial score (nSPS) is 11.3. The molecule has 0 aliphatic rings. The molecule has 3 rings (SSSR count). The van der Waals surface area contributed by atoms with E-state index in [1.54, 1.807) is 29.5 Å². The Bertz CT molecular complexity index is 938. The molecule has 0 fully saturated rings. The number of anilines is 1. The van der Waals surface area contributed by atoms with E-state index in [1.807, 2.05) is 13.0 Å². The number of halogens is 3. The Kier molecular flexibility index (Phi) is 5.11. The van der Waals surface area contributed by atoms with Crippen LogP contribution in [0.2, 0.25) is 0 Å². The van der Waals surface area contributed by atoms with Crippen LogP contribution in [-0.2, 0) is 12.7 Å². The number of hydrogen-bond donors (Lipinski definition) is 2. The third-order valence-electron chi connectivity index (χ3n) is 3.80. The number of pyridine rings is 1. The zero-order valence-corrected chi connectivity index (χ0v) is 14.3. The highest BCUT2D eigenvalue weighted by molar-refractivity contribution is 5.89. The molecule has 0 aliphatic heterocycles. The number of hydrogen-bond acceptors (Lipinski definition) is 3. The average Bonchev–Trinajstić information content (AvgIpc) is 3.15. The number of nitrogens with zero attached hydrogens (tertiary/aromatic N) is 3. The van der Waals surface area contributed by atoms with Gasteiger partial charge in [-0.25, -0.2) is 9.78 Å². The molecule has 2 aromatic heterocycles. The minimum Gasteiger partial charge on any atom is -0.334 e. The van der Waals surface area contributed by atoms with Crippen LogP contribution in [0.25, 0.3) is 5.69 Å². The molecule has 2 N–H and O–H groups in total. The highest BCUT2D eigenvalue weighted by Gasteiger charge is 2.30. The first-order valence-electron chi connectivity index (χ1n) is 7.99. The minimum absolute atomic E-state index is 0.0588. The smallest absolute Gasteiger partial charge is 0.334 e. The molecular weight excluding hydrogens is 359 g/mol. The van der Waals surface area contributed by atoms with Crippen LogP contribution in [0.1, 0.15) is 16.8 Å². The van der Waals surface area contributed by atoms with Crippen molar-refractivity contribution in [2.24, 2.45) is 0 Å². The summed E-state index contributed by atoms with van der Waals surface area (Å²) in [6.07, 6.45) is 2.22. The van der Waals surface area contributed by atoms with E-state index in [1.165, 1.54) is 12.1 Å². The van der Waals surface area contributed by atoms with Crippen molar-refractivity contribution in [3.8, 4) is 5.69 Å². The maximum Gasteiger partial charge on any atom is 0.416 e. The first-order valence-corrected chi connectivity index (χ1v) is 7.99. The lowest BCUT2D eigenvalue weighted by Crippen LogP contribution is -2.28. The summed E-state index contributed by atoms with van der Waals surface area (Å²) in [6, 6.07) is 5.69. The van der Waals surface area contributed by atoms with Crippen molar-refractivity contribution in [3.63, 3.8) is 0 Å². The zero-order valence-electron chi connectivity index (χ0n) is 14.3. The standard InChI is InChI=1S/C18H16F3N5O/c1-12-16(26-6-5-22-11-26)7-13(9-23-12)10-24-17(27)25-15-4-2-3-14(8-15)18(19,20)21/h2-9,11H,10H2,1H3,(H2,24,25,27). The van der Waals surface area contributed by atoms with Crippen LogP contribution < -0.4 is 10.6 Å². The molecule has 0 spiro atoms. The van der Waals surface area contributed by atoms with Crippen LogP contribution in [0.15, 0.2) is 55.2 Å². The van der Waals surface area contributed by atoms with Crippen molar-refractivity contribution in [1.29, 1.82) is 0 Å². The summed E-state index contributed by atoms with van der Waals surface area (Å²) in [7, 11) is 0. The van der Waals surface area contributed by atoms with E-state index >= 15 is 0 Å². The minimum atomic E-state index is -4.47. The molecule has 0 radical (unpaired) electrons. The third-order valence-corrected chi connectivity index (χ3v) is 3.80. The number of nitrogens with one attached hydrogen (secondary N) is 2. The highest BCUT2D eigenvalue weighted by atomic mass is 19.4. The van der Waals surface area contributed by atoms with Gasteiger partial charge in [0.15, 0.2) is 0 Å². The third kappa shape index (κ3) is 4.63. The fraction of sp³-hybridized carbons (Fsp3) is 0.167. The Labute approximate surface area is 153 Å². The Morgan fingerprint density at radius 3 is 2.78 bits per heavy atom. The van der Waals surface area contributed by atoms with Crippen molar-refractivity contribution >= 4 is 11.7 Å². The number of benzene rings is 1. The summed E-state index contributed by atoms with van der Waals surface area (Å²) in [5.74, 6) is 0. The monoisotopic (exact) mass is 375 g/mol. The second kappa shape index (κ2) is 7.48. The number of aryl methyl sites for hydroxylation is 1. The summed E-state index contributed by atoms with van der Waals surface area (Å²) in [5, 5.41) is 4.99. The molecule has 0 atom stereocenters. The lowest BCUT2D eigenvalue weighted by molar-refractivity contribution is -0.137. The van der Waals surface area contributed by atoms with Crippen LogP contribution in [0.5, 0.6) is 0 Å². The van der Waals surface area contributed by atoms with Gasteiger partial charge in [0, 0.05) is 30.8 Å². The zero-order chi connectivity index (χ0) is 19.4. The van der Waals surface area contributed by atoms with E-state index in [0.717, 1.165) is 29.1 Å². The molecule has 0 saturated heterocycles. The van der Waals surface area contributed by atoms with E-state index in [9.17, 15) is 18.0 Å². The molecule has 140 valence electrons. The van der Waals surface area contributed by atoms with E-state index in [0.29, 0.717) is 0 Å². The second-order valence-corrected chi connectivity index (χ2v) is 5.80. The van der Waals surface area contributed by atoms with Gasteiger partial charge in [-0.1, -0.05) is 6.07 Å². The number of aromatic nitrogens is 3. The summed E-state index contributed by atoms with van der Waals surface area (Å²) >= 11 is 0.